The van der Waals surface area contributed by atoms with Gasteiger partial charge in [-0.3, -0.25) is 4.99 Å². The molecule has 5 nitrogen and oxygen atoms in total. The highest BCUT2D eigenvalue weighted by Gasteiger charge is 2.03. The van der Waals surface area contributed by atoms with Crippen molar-refractivity contribution in [3.63, 3.8) is 0 Å². The third-order valence-electron chi connectivity index (χ3n) is 3.20. The maximum absolute atomic E-state index is 5.42. The van der Waals surface area contributed by atoms with Crippen molar-refractivity contribution in [2.45, 2.75) is 40.0 Å². The molecule has 0 aromatic carbocycles. The molecule has 0 aliphatic heterocycles. The van der Waals surface area contributed by atoms with Crippen molar-refractivity contribution in [3.05, 3.63) is 0 Å². The smallest absolute Gasteiger partial charge is 0.191 e. The van der Waals surface area contributed by atoms with E-state index in [1.54, 1.807) is 7.11 Å². The summed E-state index contributed by atoms with van der Waals surface area (Å²) in [5.41, 5.74) is 0. The first-order valence-corrected chi connectivity index (χ1v) is 7.87. The molecular formula is C15H33N3O2. The molecule has 0 saturated heterocycles. The van der Waals surface area contributed by atoms with Crippen molar-refractivity contribution >= 4 is 5.96 Å². The van der Waals surface area contributed by atoms with Crippen LogP contribution >= 0.6 is 0 Å². The van der Waals surface area contributed by atoms with Gasteiger partial charge in [-0.2, -0.15) is 0 Å². The molecule has 0 saturated carbocycles. The van der Waals surface area contributed by atoms with Gasteiger partial charge in [0.05, 0.1) is 13.2 Å². The molecule has 0 aliphatic rings. The number of guanidine groups is 1. The summed E-state index contributed by atoms with van der Waals surface area (Å²) in [5, 5.41) is 6.62. The van der Waals surface area contributed by atoms with Crippen LogP contribution in [0.4, 0.5) is 0 Å². The van der Waals surface area contributed by atoms with Crippen LogP contribution in [0.2, 0.25) is 0 Å². The number of hydrogen-bond donors (Lipinski definition) is 2. The van der Waals surface area contributed by atoms with Crippen LogP contribution in [0.25, 0.3) is 0 Å². The minimum Gasteiger partial charge on any atom is -0.382 e. The maximum atomic E-state index is 5.42. The largest absolute Gasteiger partial charge is 0.382 e. The molecule has 20 heavy (non-hydrogen) atoms. The SMILES string of the molecule is CCNC(=NCC(CC)CC)NCCCOCCOC. The Hall–Kier alpha value is -0.810. The lowest BCUT2D eigenvalue weighted by Crippen LogP contribution is -2.38. The molecule has 0 atom stereocenters. The van der Waals surface area contributed by atoms with Crippen molar-refractivity contribution in [2.75, 3.05) is 46.6 Å². The molecule has 5 heteroatoms. The monoisotopic (exact) mass is 287 g/mol. The minimum atomic E-state index is 0.660. The van der Waals surface area contributed by atoms with Gasteiger partial charge in [0.25, 0.3) is 0 Å². The van der Waals surface area contributed by atoms with Crippen LogP contribution in [0.1, 0.15) is 40.0 Å². The van der Waals surface area contributed by atoms with Gasteiger partial charge in [-0.1, -0.05) is 26.7 Å². The Morgan fingerprint density at radius 3 is 2.40 bits per heavy atom. The van der Waals surface area contributed by atoms with Crippen LogP contribution < -0.4 is 10.6 Å². The first-order valence-electron chi connectivity index (χ1n) is 7.87. The van der Waals surface area contributed by atoms with Crippen LogP contribution in [0, 0.1) is 5.92 Å². The standard InChI is InChI=1S/C15H33N3O2/c1-5-14(6-2)13-18-15(16-7-3)17-9-8-10-20-12-11-19-4/h14H,5-13H2,1-4H3,(H2,16,17,18). The zero-order chi connectivity index (χ0) is 15.1. The van der Waals surface area contributed by atoms with E-state index in [0.717, 1.165) is 38.6 Å². The number of hydrogen-bond acceptors (Lipinski definition) is 3. The summed E-state index contributed by atoms with van der Waals surface area (Å²) in [6.45, 7) is 11.3. The second-order valence-electron chi connectivity index (χ2n) is 4.79. The van der Waals surface area contributed by atoms with Crippen molar-refractivity contribution < 1.29 is 9.47 Å². The van der Waals surface area contributed by atoms with E-state index >= 15 is 0 Å². The maximum Gasteiger partial charge on any atom is 0.191 e. The number of rotatable bonds is 12. The normalized spacial score (nSPS) is 11.9. The molecule has 0 amide bonds. The molecule has 0 aliphatic carbocycles. The number of methoxy groups -OCH3 is 1. The summed E-state index contributed by atoms with van der Waals surface area (Å²) in [6, 6.07) is 0. The topological polar surface area (TPSA) is 54.9 Å². The summed E-state index contributed by atoms with van der Waals surface area (Å²) in [4.78, 5) is 4.64. The van der Waals surface area contributed by atoms with E-state index in [4.69, 9.17) is 9.47 Å². The lowest BCUT2D eigenvalue weighted by molar-refractivity contribution is 0.0698. The Morgan fingerprint density at radius 2 is 1.80 bits per heavy atom. The highest BCUT2D eigenvalue weighted by atomic mass is 16.5. The summed E-state index contributed by atoms with van der Waals surface area (Å²) in [5.74, 6) is 1.60. The zero-order valence-electron chi connectivity index (χ0n) is 13.7. The van der Waals surface area contributed by atoms with E-state index in [-0.39, 0.29) is 0 Å². The highest BCUT2D eigenvalue weighted by molar-refractivity contribution is 5.79. The summed E-state index contributed by atoms with van der Waals surface area (Å²) in [7, 11) is 1.68. The molecule has 0 fully saturated rings. The van der Waals surface area contributed by atoms with Gasteiger partial charge in [-0.15, -0.1) is 0 Å². The average molecular weight is 287 g/mol. The Balaban J connectivity index is 3.81. The molecule has 0 rings (SSSR count). The lowest BCUT2D eigenvalue weighted by Gasteiger charge is -2.14. The van der Waals surface area contributed by atoms with Crippen LogP contribution in [0.15, 0.2) is 4.99 Å². The molecule has 0 radical (unpaired) electrons. The third-order valence-corrected chi connectivity index (χ3v) is 3.20. The molecule has 0 aromatic heterocycles. The zero-order valence-corrected chi connectivity index (χ0v) is 13.7. The molecule has 2 N–H and O–H groups in total. The fourth-order valence-electron chi connectivity index (χ4n) is 1.73. The summed E-state index contributed by atoms with van der Waals surface area (Å²) in [6.07, 6.45) is 3.35. The molecule has 0 bridgehead atoms. The number of ether oxygens (including phenoxy) is 2. The Kier molecular flexibility index (Phi) is 14.0. The van der Waals surface area contributed by atoms with Crippen molar-refractivity contribution in [1.82, 2.24) is 10.6 Å². The van der Waals surface area contributed by atoms with E-state index in [9.17, 15) is 0 Å². The van der Waals surface area contributed by atoms with E-state index < -0.39 is 0 Å². The lowest BCUT2D eigenvalue weighted by atomic mass is 10.0. The molecular weight excluding hydrogens is 254 g/mol. The second-order valence-corrected chi connectivity index (χ2v) is 4.79. The Morgan fingerprint density at radius 1 is 1.05 bits per heavy atom. The van der Waals surface area contributed by atoms with Gasteiger partial charge in [-0.25, -0.2) is 0 Å². The predicted octanol–water partition coefficient (Wildman–Crippen LogP) is 2.03. The van der Waals surface area contributed by atoms with Gasteiger partial charge >= 0.3 is 0 Å². The Bertz CT molecular complexity index is 231. The van der Waals surface area contributed by atoms with Crippen LogP contribution in [0.3, 0.4) is 0 Å². The minimum absolute atomic E-state index is 0.660. The first kappa shape index (κ1) is 19.2. The van der Waals surface area contributed by atoms with Gasteiger partial charge in [0.15, 0.2) is 5.96 Å². The first-order chi connectivity index (χ1) is 9.78. The third kappa shape index (κ3) is 11.1. The van der Waals surface area contributed by atoms with Gasteiger partial charge in [0.1, 0.15) is 0 Å². The molecule has 0 spiro atoms. The van der Waals surface area contributed by atoms with Gasteiger partial charge in [0.2, 0.25) is 0 Å². The number of nitrogens with one attached hydrogen (secondary N) is 2. The summed E-state index contributed by atoms with van der Waals surface area (Å²) >= 11 is 0. The number of aliphatic imine (C=N–C) groups is 1. The van der Waals surface area contributed by atoms with E-state index in [1.807, 2.05) is 0 Å². The van der Waals surface area contributed by atoms with Gasteiger partial charge < -0.3 is 20.1 Å². The predicted molar refractivity (Wildman–Crippen MR) is 85.4 cm³/mol. The van der Waals surface area contributed by atoms with Gasteiger partial charge in [-0.05, 0) is 19.3 Å². The van der Waals surface area contributed by atoms with E-state index in [0.29, 0.717) is 19.1 Å². The fourth-order valence-corrected chi connectivity index (χ4v) is 1.73. The van der Waals surface area contributed by atoms with Crippen molar-refractivity contribution in [3.8, 4) is 0 Å². The van der Waals surface area contributed by atoms with E-state index in [2.05, 4.69) is 36.4 Å². The average Bonchev–Trinajstić information content (AvgIpc) is 2.47. The number of nitrogens with zero attached hydrogens (tertiary/aromatic N) is 1. The van der Waals surface area contributed by atoms with Crippen LogP contribution in [0.5, 0.6) is 0 Å². The fraction of sp³-hybridized carbons (Fsp3) is 0.933. The van der Waals surface area contributed by atoms with Crippen molar-refractivity contribution in [2.24, 2.45) is 10.9 Å². The van der Waals surface area contributed by atoms with Crippen LogP contribution in [-0.2, 0) is 9.47 Å². The Labute approximate surface area is 124 Å². The van der Waals surface area contributed by atoms with E-state index in [1.165, 1.54) is 12.8 Å². The molecule has 0 aromatic rings. The van der Waals surface area contributed by atoms with Gasteiger partial charge in [0, 0.05) is 33.4 Å². The van der Waals surface area contributed by atoms with Crippen LogP contribution in [-0.4, -0.2) is 52.5 Å². The molecule has 120 valence electrons. The second kappa shape index (κ2) is 14.6. The van der Waals surface area contributed by atoms with Crippen molar-refractivity contribution in [1.29, 1.82) is 0 Å². The molecule has 0 heterocycles. The molecule has 0 unspecified atom stereocenters. The highest BCUT2D eigenvalue weighted by Crippen LogP contribution is 2.06. The summed E-state index contributed by atoms with van der Waals surface area (Å²) < 4.78 is 10.3. The quantitative estimate of drug-likeness (QED) is 0.328.